The lowest BCUT2D eigenvalue weighted by atomic mass is 10.0. The van der Waals surface area contributed by atoms with Gasteiger partial charge in [-0.15, -0.1) is 5.10 Å². The van der Waals surface area contributed by atoms with E-state index in [9.17, 15) is 10.1 Å². The lowest BCUT2D eigenvalue weighted by Crippen LogP contribution is -2.16. The quantitative estimate of drug-likeness (QED) is 0.715. The molecule has 134 valence electrons. The molecule has 0 unspecified atom stereocenters. The Morgan fingerprint density at radius 1 is 1.07 bits per heavy atom. The number of rotatable bonds is 5. The van der Waals surface area contributed by atoms with Crippen molar-refractivity contribution in [1.82, 2.24) is 15.0 Å². The molecule has 3 rings (SSSR count). The highest BCUT2D eigenvalue weighted by Gasteiger charge is 2.16. The van der Waals surface area contributed by atoms with Crippen LogP contribution in [0.1, 0.15) is 32.7 Å². The van der Waals surface area contributed by atoms with Crippen molar-refractivity contribution >= 4 is 5.91 Å². The summed E-state index contributed by atoms with van der Waals surface area (Å²) >= 11 is 0. The number of primary amides is 1. The third-order valence-corrected chi connectivity index (χ3v) is 3.80. The maximum absolute atomic E-state index is 11.8. The molecule has 0 atom stereocenters. The highest BCUT2D eigenvalue weighted by atomic mass is 16.5. The molecule has 0 spiro atoms. The first-order chi connectivity index (χ1) is 13.5. The van der Waals surface area contributed by atoms with E-state index in [-0.39, 0.29) is 29.0 Å². The molecule has 9 nitrogen and oxygen atoms in total. The summed E-state index contributed by atoms with van der Waals surface area (Å²) in [6.07, 6.45) is 1.53. The molecule has 0 aliphatic heterocycles. The maximum atomic E-state index is 11.8. The molecule has 0 fully saturated rings. The first-order valence-electron chi connectivity index (χ1n) is 7.88. The summed E-state index contributed by atoms with van der Waals surface area (Å²) < 4.78 is 6.88. The SMILES string of the molecule is N#Cc1ccc(OCc2cn(-c3cc(C#N)c(C#N)cc3C(N)=O)nn2)cc1. The number of hydrogen-bond acceptors (Lipinski definition) is 7. The van der Waals surface area contributed by atoms with Gasteiger partial charge in [-0.1, -0.05) is 5.21 Å². The van der Waals surface area contributed by atoms with Crippen molar-refractivity contribution in [2.24, 2.45) is 5.73 Å². The molecule has 1 amide bonds. The zero-order valence-electron chi connectivity index (χ0n) is 14.3. The number of benzene rings is 2. The van der Waals surface area contributed by atoms with Gasteiger partial charge in [0.15, 0.2) is 0 Å². The van der Waals surface area contributed by atoms with Gasteiger partial charge in [0.05, 0.1) is 40.2 Å². The molecule has 1 heterocycles. The topological polar surface area (TPSA) is 154 Å². The first kappa shape index (κ1) is 18.1. The second-order valence-electron chi connectivity index (χ2n) is 5.58. The van der Waals surface area contributed by atoms with Gasteiger partial charge < -0.3 is 10.5 Å². The summed E-state index contributed by atoms with van der Waals surface area (Å²) in [4.78, 5) is 11.8. The molecular weight excluding hydrogens is 358 g/mol. The van der Waals surface area contributed by atoms with E-state index in [4.69, 9.17) is 21.0 Å². The van der Waals surface area contributed by atoms with Crippen LogP contribution in [0, 0.1) is 34.0 Å². The Morgan fingerprint density at radius 2 is 1.75 bits per heavy atom. The largest absolute Gasteiger partial charge is 0.487 e. The minimum atomic E-state index is -0.762. The normalized spacial score (nSPS) is 9.75. The molecule has 3 aromatic rings. The number of nitrogens with two attached hydrogens (primary N) is 1. The van der Waals surface area contributed by atoms with Crippen LogP contribution in [0.25, 0.3) is 5.69 Å². The summed E-state index contributed by atoms with van der Waals surface area (Å²) in [5.74, 6) is -0.210. The Bertz CT molecular complexity index is 1170. The van der Waals surface area contributed by atoms with Gasteiger partial charge in [0.1, 0.15) is 30.2 Å². The summed E-state index contributed by atoms with van der Waals surface area (Å²) in [6.45, 7) is 0.0964. The van der Waals surface area contributed by atoms with Gasteiger partial charge >= 0.3 is 0 Å². The average Bonchev–Trinajstić information content (AvgIpc) is 3.20. The molecule has 0 saturated carbocycles. The van der Waals surface area contributed by atoms with Crippen molar-refractivity contribution in [3.05, 3.63) is 70.5 Å². The van der Waals surface area contributed by atoms with Crippen molar-refractivity contribution in [3.8, 4) is 29.6 Å². The molecule has 0 radical (unpaired) electrons. The van der Waals surface area contributed by atoms with Gasteiger partial charge in [-0.3, -0.25) is 4.79 Å². The number of aromatic nitrogens is 3. The van der Waals surface area contributed by atoms with Crippen LogP contribution in [0.2, 0.25) is 0 Å². The zero-order chi connectivity index (χ0) is 20.1. The molecular formula is C19H11N7O2. The smallest absolute Gasteiger partial charge is 0.250 e. The van der Waals surface area contributed by atoms with Gasteiger partial charge in [-0.25, -0.2) is 4.68 Å². The van der Waals surface area contributed by atoms with Crippen LogP contribution in [0.4, 0.5) is 0 Å². The van der Waals surface area contributed by atoms with Crippen LogP contribution < -0.4 is 10.5 Å². The predicted molar refractivity (Wildman–Crippen MR) is 94.8 cm³/mol. The Balaban J connectivity index is 1.87. The maximum Gasteiger partial charge on any atom is 0.250 e. The van der Waals surface area contributed by atoms with Crippen LogP contribution in [-0.2, 0) is 6.61 Å². The first-order valence-corrected chi connectivity index (χ1v) is 7.88. The van der Waals surface area contributed by atoms with Gasteiger partial charge in [0.2, 0.25) is 0 Å². The van der Waals surface area contributed by atoms with Gasteiger partial charge in [-0.2, -0.15) is 15.8 Å². The number of nitriles is 3. The summed E-state index contributed by atoms with van der Waals surface area (Å²) in [7, 11) is 0. The summed E-state index contributed by atoms with van der Waals surface area (Å²) in [5.41, 5.74) is 6.79. The van der Waals surface area contributed by atoms with Crippen LogP contribution in [-0.4, -0.2) is 20.9 Å². The van der Waals surface area contributed by atoms with E-state index in [0.29, 0.717) is 17.0 Å². The zero-order valence-corrected chi connectivity index (χ0v) is 14.3. The van der Waals surface area contributed by atoms with Crippen molar-refractivity contribution in [2.75, 3.05) is 0 Å². The molecule has 0 bridgehead atoms. The predicted octanol–water partition coefficient (Wildman–Crippen LogP) is 1.56. The fourth-order valence-electron chi connectivity index (χ4n) is 2.43. The van der Waals surface area contributed by atoms with Crippen LogP contribution in [0.15, 0.2) is 42.6 Å². The van der Waals surface area contributed by atoms with Gasteiger partial charge in [0.25, 0.3) is 5.91 Å². The molecule has 1 aromatic heterocycles. The van der Waals surface area contributed by atoms with Crippen molar-refractivity contribution < 1.29 is 9.53 Å². The van der Waals surface area contributed by atoms with E-state index in [1.54, 1.807) is 24.3 Å². The molecule has 2 N–H and O–H groups in total. The van der Waals surface area contributed by atoms with Crippen molar-refractivity contribution in [2.45, 2.75) is 6.61 Å². The van der Waals surface area contributed by atoms with Crippen molar-refractivity contribution in [1.29, 1.82) is 15.8 Å². The number of carbonyl (C=O) groups excluding carboxylic acids is 1. The number of hydrogen-bond donors (Lipinski definition) is 1. The summed E-state index contributed by atoms with van der Waals surface area (Å²) in [5, 5.41) is 35.0. The molecule has 0 aliphatic carbocycles. The minimum absolute atomic E-state index is 0.0417. The van der Waals surface area contributed by atoms with Crippen LogP contribution in [0.3, 0.4) is 0 Å². The Hall–Kier alpha value is -4.68. The second-order valence-corrected chi connectivity index (χ2v) is 5.58. The Kier molecular flexibility index (Phi) is 4.98. The fourth-order valence-corrected chi connectivity index (χ4v) is 2.43. The molecule has 28 heavy (non-hydrogen) atoms. The van der Waals surface area contributed by atoms with Crippen LogP contribution in [0.5, 0.6) is 5.75 Å². The van der Waals surface area contributed by atoms with E-state index >= 15 is 0 Å². The highest BCUT2D eigenvalue weighted by molar-refractivity contribution is 5.97. The average molecular weight is 369 g/mol. The number of amides is 1. The monoisotopic (exact) mass is 369 g/mol. The standard InChI is InChI=1S/C19H11N7O2/c20-7-12-1-3-16(4-2-12)28-11-15-10-26(25-24-15)18-6-14(9-22)13(8-21)5-17(18)19(23)27/h1-6,10H,11H2,(H2,23,27). The van der Waals surface area contributed by atoms with Crippen molar-refractivity contribution in [3.63, 3.8) is 0 Å². The Labute approximate surface area is 159 Å². The summed E-state index contributed by atoms with van der Waals surface area (Å²) in [6, 6.07) is 15.0. The third-order valence-electron chi connectivity index (χ3n) is 3.80. The number of nitrogens with zero attached hydrogens (tertiary/aromatic N) is 6. The third kappa shape index (κ3) is 3.62. The molecule has 0 saturated heterocycles. The van der Waals surface area contributed by atoms with E-state index < -0.39 is 5.91 Å². The van der Waals surface area contributed by atoms with E-state index in [0.717, 1.165) is 0 Å². The minimum Gasteiger partial charge on any atom is -0.487 e. The lowest BCUT2D eigenvalue weighted by molar-refractivity contribution is 0.1000. The van der Waals surface area contributed by atoms with Crippen LogP contribution >= 0.6 is 0 Å². The van der Waals surface area contributed by atoms with E-state index in [1.165, 1.54) is 23.0 Å². The highest BCUT2D eigenvalue weighted by Crippen LogP contribution is 2.20. The molecule has 0 aliphatic rings. The van der Waals surface area contributed by atoms with E-state index in [2.05, 4.69) is 10.3 Å². The second kappa shape index (κ2) is 7.69. The fraction of sp³-hybridized carbons (Fsp3) is 0.0526. The lowest BCUT2D eigenvalue weighted by Gasteiger charge is -2.08. The Morgan fingerprint density at radius 3 is 2.36 bits per heavy atom. The molecule has 9 heteroatoms. The van der Waals surface area contributed by atoms with E-state index in [1.807, 2.05) is 18.2 Å². The number of carbonyl (C=O) groups is 1. The van der Waals surface area contributed by atoms with Gasteiger partial charge in [0, 0.05) is 0 Å². The van der Waals surface area contributed by atoms with Gasteiger partial charge in [-0.05, 0) is 36.4 Å². The number of ether oxygens (including phenoxy) is 1. The molecule has 2 aromatic carbocycles.